The Labute approximate surface area is 117 Å². The predicted molar refractivity (Wildman–Crippen MR) is 78.3 cm³/mol. The number of phenolic OH excluding ortho intramolecular Hbond substituents is 1. The van der Waals surface area contributed by atoms with Crippen molar-refractivity contribution in [1.29, 1.82) is 0 Å². The summed E-state index contributed by atoms with van der Waals surface area (Å²) in [6, 6.07) is 15.2. The van der Waals surface area contributed by atoms with Crippen LogP contribution in [-0.4, -0.2) is 24.0 Å². The summed E-state index contributed by atoms with van der Waals surface area (Å²) in [6.07, 6.45) is 0. The van der Waals surface area contributed by atoms with Crippen molar-refractivity contribution in [3.05, 3.63) is 59.7 Å². The van der Waals surface area contributed by atoms with E-state index in [2.05, 4.69) is 10.3 Å². The van der Waals surface area contributed by atoms with Crippen LogP contribution in [0, 0.1) is 0 Å². The topological polar surface area (TPSA) is 53.9 Å². The number of aromatic hydroxyl groups is 1. The average molecular weight is 268 g/mol. The van der Waals surface area contributed by atoms with Crippen molar-refractivity contribution >= 4 is 5.84 Å². The molecule has 4 heteroatoms. The Morgan fingerprint density at radius 3 is 2.70 bits per heavy atom. The molecule has 2 N–H and O–H groups in total. The molecule has 0 atom stereocenters. The molecule has 0 bridgehead atoms. The van der Waals surface area contributed by atoms with Crippen molar-refractivity contribution in [2.75, 3.05) is 13.1 Å². The van der Waals surface area contributed by atoms with E-state index < -0.39 is 0 Å². The zero-order valence-electron chi connectivity index (χ0n) is 11.0. The van der Waals surface area contributed by atoms with E-state index in [1.807, 2.05) is 42.5 Å². The molecule has 20 heavy (non-hydrogen) atoms. The Morgan fingerprint density at radius 1 is 1.15 bits per heavy atom. The minimum atomic E-state index is 0.184. The first-order valence-corrected chi connectivity index (χ1v) is 6.61. The average Bonchev–Trinajstić information content (AvgIpc) is 3.00. The first-order chi connectivity index (χ1) is 9.83. The SMILES string of the molecule is Oc1cc(OCc2ccccc2)ccc1C1=NCCN1. The van der Waals surface area contributed by atoms with Crippen LogP contribution in [0.3, 0.4) is 0 Å². The lowest BCUT2D eigenvalue weighted by molar-refractivity contribution is 0.304. The Hall–Kier alpha value is -2.49. The lowest BCUT2D eigenvalue weighted by Gasteiger charge is -2.09. The summed E-state index contributed by atoms with van der Waals surface area (Å²) >= 11 is 0. The van der Waals surface area contributed by atoms with Crippen LogP contribution in [0.1, 0.15) is 11.1 Å². The fraction of sp³-hybridized carbons (Fsp3) is 0.188. The fourth-order valence-electron chi connectivity index (χ4n) is 2.12. The molecule has 1 aliphatic rings. The van der Waals surface area contributed by atoms with Gasteiger partial charge in [0, 0.05) is 12.6 Å². The largest absolute Gasteiger partial charge is 0.507 e. The fourth-order valence-corrected chi connectivity index (χ4v) is 2.12. The van der Waals surface area contributed by atoms with Gasteiger partial charge in [0.15, 0.2) is 0 Å². The molecule has 1 heterocycles. The van der Waals surface area contributed by atoms with Gasteiger partial charge in [0.25, 0.3) is 0 Å². The quantitative estimate of drug-likeness (QED) is 0.894. The number of nitrogens with one attached hydrogen (secondary N) is 1. The van der Waals surface area contributed by atoms with E-state index in [1.165, 1.54) is 0 Å². The third-order valence-corrected chi connectivity index (χ3v) is 3.15. The first-order valence-electron chi connectivity index (χ1n) is 6.61. The van der Waals surface area contributed by atoms with E-state index in [-0.39, 0.29) is 5.75 Å². The summed E-state index contributed by atoms with van der Waals surface area (Å²) in [5, 5.41) is 13.2. The maximum atomic E-state index is 10.0. The third kappa shape index (κ3) is 2.74. The predicted octanol–water partition coefficient (Wildman–Crippen LogP) is 2.32. The van der Waals surface area contributed by atoms with Crippen LogP contribution >= 0.6 is 0 Å². The highest BCUT2D eigenvalue weighted by Crippen LogP contribution is 2.25. The van der Waals surface area contributed by atoms with E-state index in [9.17, 15) is 5.11 Å². The van der Waals surface area contributed by atoms with Gasteiger partial charge in [0.2, 0.25) is 0 Å². The highest BCUT2D eigenvalue weighted by atomic mass is 16.5. The monoisotopic (exact) mass is 268 g/mol. The Kier molecular flexibility index (Phi) is 3.54. The Balaban J connectivity index is 1.71. The smallest absolute Gasteiger partial charge is 0.132 e. The molecule has 4 nitrogen and oxygen atoms in total. The minimum absolute atomic E-state index is 0.184. The number of hydrogen-bond acceptors (Lipinski definition) is 4. The number of rotatable bonds is 4. The molecule has 0 unspecified atom stereocenters. The highest BCUT2D eigenvalue weighted by Gasteiger charge is 2.12. The van der Waals surface area contributed by atoms with Crippen LogP contribution < -0.4 is 10.1 Å². The third-order valence-electron chi connectivity index (χ3n) is 3.15. The summed E-state index contributed by atoms with van der Waals surface area (Å²) in [5.41, 5.74) is 1.81. The molecule has 3 rings (SSSR count). The van der Waals surface area contributed by atoms with Crippen molar-refractivity contribution in [2.45, 2.75) is 6.61 Å². The maximum absolute atomic E-state index is 10.0. The number of hydrogen-bond donors (Lipinski definition) is 2. The van der Waals surface area contributed by atoms with Crippen LogP contribution in [0.25, 0.3) is 0 Å². The molecular formula is C16H16N2O2. The standard InChI is InChI=1S/C16H16N2O2/c19-15-10-13(20-11-12-4-2-1-3-5-12)6-7-14(15)16-17-8-9-18-16/h1-7,10,19H,8-9,11H2,(H,17,18). The van der Waals surface area contributed by atoms with E-state index in [4.69, 9.17) is 4.74 Å². The molecule has 0 saturated heterocycles. The van der Waals surface area contributed by atoms with Crippen molar-refractivity contribution in [3.63, 3.8) is 0 Å². The zero-order valence-corrected chi connectivity index (χ0v) is 11.0. The normalized spacial score (nSPS) is 13.7. The van der Waals surface area contributed by atoms with Crippen LogP contribution in [-0.2, 0) is 6.61 Å². The van der Waals surface area contributed by atoms with Gasteiger partial charge in [-0.3, -0.25) is 4.99 Å². The summed E-state index contributed by atoms with van der Waals surface area (Å²) in [7, 11) is 0. The summed E-state index contributed by atoms with van der Waals surface area (Å²) < 4.78 is 5.67. The van der Waals surface area contributed by atoms with Crippen LogP contribution in [0.4, 0.5) is 0 Å². The first kappa shape index (κ1) is 12.5. The van der Waals surface area contributed by atoms with Gasteiger partial charge in [-0.2, -0.15) is 0 Å². The lowest BCUT2D eigenvalue weighted by Crippen LogP contribution is -2.19. The number of ether oxygens (including phenoxy) is 1. The Bertz CT molecular complexity index is 624. The van der Waals surface area contributed by atoms with Gasteiger partial charge >= 0.3 is 0 Å². The molecule has 2 aromatic rings. The van der Waals surface area contributed by atoms with Crippen molar-refractivity contribution in [2.24, 2.45) is 4.99 Å². The van der Waals surface area contributed by atoms with Crippen molar-refractivity contribution in [1.82, 2.24) is 5.32 Å². The van der Waals surface area contributed by atoms with E-state index >= 15 is 0 Å². The number of aliphatic imine (C=N–C) groups is 1. The summed E-state index contributed by atoms with van der Waals surface area (Å²) in [5.74, 6) is 1.58. The van der Waals surface area contributed by atoms with Gasteiger partial charge < -0.3 is 15.2 Å². The van der Waals surface area contributed by atoms with Crippen molar-refractivity contribution < 1.29 is 9.84 Å². The lowest BCUT2D eigenvalue weighted by atomic mass is 10.1. The van der Waals surface area contributed by atoms with E-state index in [0.717, 1.165) is 30.1 Å². The molecule has 102 valence electrons. The van der Waals surface area contributed by atoms with Gasteiger partial charge in [-0.1, -0.05) is 30.3 Å². The molecule has 0 spiro atoms. The summed E-state index contributed by atoms with van der Waals surface area (Å²) in [4.78, 5) is 4.29. The molecule has 0 aliphatic carbocycles. The van der Waals surface area contributed by atoms with E-state index in [1.54, 1.807) is 6.07 Å². The Morgan fingerprint density at radius 2 is 2.00 bits per heavy atom. The number of nitrogens with zero attached hydrogens (tertiary/aromatic N) is 1. The van der Waals surface area contributed by atoms with Crippen molar-refractivity contribution in [3.8, 4) is 11.5 Å². The molecule has 0 aromatic heterocycles. The maximum Gasteiger partial charge on any atom is 0.132 e. The van der Waals surface area contributed by atoms with Crippen LogP contribution in [0.2, 0.25) is 0 Å². The van der Waals surface area contributed by atoms with Gasteiger partial charge in [0.1, 0.15) is 23.9 Å². The van der Waals surface area contributed by atoms with Crippen LogP contribution in [0.5, 0.6) is 11.5 Å². The second-order valence-corrected chi connectivity index (χ2v) is 4.61. The number of amidine groups is 1. The second kappa shape index (κ2) is 5.65. The van der Waals surface area contributed by atoms with E-state index in [0.29, 0.717) is 12.4 Å². The number of phenols is 1. The molecule has 0 radical (unpaired) electrons. The van der Waals surface area contributed by atoms with Gasteiger partial charge in [-0.05, 0) is 17.7 Å². The molecule has 0 fully saturated rings. The number of benzene rings is 2. The molecular weight excluding hydrogens is 252 g/mol. The second-order valence-electron chi connectivity index (χ2n) is 4.61. The zero-order chi connectivity index (χ0) is 13.8. The molecule has 1 aliphatic heterocycles. The molecule has 0 saturated carbocycles. The van der Waals surface area contributed by atoms with Gasteiger partial charge in [-0.25, -0.2) is 0 Å². The molecule has 0 amide bonds. The van der Waals surface area contributed by atoms with Gasteiger partial charge in [0.05, 0.1) is 12.1 Å². The minimum Gasteiger partial charge on any atom is -0.507 e. The van der Waals surface area contributed by atoms with Crippen LogP contribution in [0.15, 0.2) is 53.5 Å². The highest BCUT2D eigenvalue weighted by molar-refractivity contribution is 6.02. The molecule has 2 aromatic carbocycles. The van der Waals surface area contributed by atoms with Gasteiger partial charge in [-0.15, -0.1) is 0 Å². The summed E-state index contributed by atoms with van der Waals surface area (Å²) in [6.45, 7) is 2.06.